The lowest BCUT2D eigenvalue weighted by Crippen LogP contribution is -2.13. The molecular formula is C7H12ClNOS. The van der Waals surface area contributed by atoms with E-state index in [1.807, 2.05) is 18.4 Å². The van der Waals surface area contributed by atoms with Crippen molar-refractivity contribution in [3.63, 3.8) is 0 Å². The van der Waals surface area contributed by atoms with E-state index in [4.69, 9.17) is 10.8 Å². The largest absolute Gasteiger partial charge is 0.394 e. The molecule has 4 heteroatoms. The Hall–Kier alpha value is -0.0900. The van der Waals surface area contributed by atoms with Crippen molar-refractivity contribution >= 4 is 23.7 Å². The van der Waals surface area contributed by atoms with E-state index in [0.717, 1.165) is 4.88 Å². The second-order valence-electron chi connectivity index (χ2n) is 2.26. The van der Waals surface area contributed by atoms with Crippen molar-refractivity contribution in [1.82, 2.24) is 0 Å². The molecule has 0 aliphatic carbocycles. The standard InChI is InChI=1S/C7H11NOS.ClH/c1-5-2-3-10-7(5)6(8)4-9;/h2-3,6,9H,4,8H2,1H3;1H/t6-;/m1./s1. The maximum absolute atomic E-state index is 8.71. The molecule has 0 saturated carbocycles. The molecule has 0 aliphatic heterocycles. The zero-order valence-electron chi connectivity index (χ0n) is 6.28. The molecule has 1 atom stereocenters. The lowest BCUT2D eigenvalue weighted by Gasteiger charge is -2.05. The van der Waals surface area contributed by atoms with Gasteiger partial charge in [-0.3, -0.25) is 0 Å². The number of aryl methyl sites for hydroxylation is 1. The van der Waals surface area contributed by atoms with Crippen LogP contribution >= 0.6 is 23.7 Å². The third-order valence-corrected chi connectivity index (χ3v) is 2.59. The van der Waals surface area contributed by atoms with Gasteiger partial charge < -0.3 is 10.8 Å². The SMILES string of the molecule is Cc1ccsc1[C@H](N)CO.Cl. The fraction of sp³-hybridized carbons (Fsp3) is 0.429. The van der Waals surface area contributed by atoms with Crippen molar-refractivity contribution in [1.29, 1.82) is 0 Å². The van der Waals surface area contributed by atoms with E-state index in [9.17, 15) is 0 Å². The van der Waals surface area contributed by atoms with Crippen molar-refractivity contribution < 1.29 is 5.11 Å². The lowest BCUT2D eigenvalue weighted by molar-refractivity contribution is 0.269. The number of halogens is 1. The minimum Gasteiger partial charge on any atom is -0.394 e. The second-order valence-corrected chi connectivity index (χ2v) is 3.20. The molecule has 0 amide bonds. The summed E-state index contributed by atoms with van der Waals surface area (Å²) in [5, 5.41) is 10.7. The summed E-state index contributed by atoms with van der Waals surface area (Å²) in [6.45, 7) is 2.03. The Labute approximate surface area is 76.5 Å². The summed E-state index contributed by atoms with van der Waals surface area (Å²) in [4.78, 5) is 1.09. The first kappa shape index (κ1) is 10.9. The number of hydrogen-bond donors (Lipinski definition) is 2. The first-order valence-electron chi connectivity index (χ1n) is 3.16. The van der Waals surface area contributed by atoms with Crippen LogP contribution in [0, 0.1) is 6.92 Å². The van der Waals surface area contributed by atoms with Gasteiger partial charge in [0.05, 0.1) is 12.6 Å². The number of rotatable bonds is 2. The summed E-state index contributed by atoms with van der Waals surface area (Å²) in [6, 6.07) is 1.81. The first-order chi connectivity index (χ1) is 4.75. The van der Waals surface area contributed by atoms with Crippen LogP contribution in [0.25, 0.3) is 0 Å². The van der Waals surface area contributed by atoms with Gasteiger partial charge in [-0.25, -0.2) is 0 Å². The molecule has 0 saturated heterocycles. The number of thiophene rings is 1. The predicted molar refractivity (Wildman–Crippen MR) is 50.3 cm³/mol. The molecule has 1 heterocycles. The van der Waals surface area contributed by atoms with Gasteiger partial charge in [0.15, 0.2) is 0 Å². The molecule has 1 aromatic rings. The Morgan fingerprint density at radius 2 is 2.36 bits per heavy atom. The first-order valence-corrected chi connectivity index (χ1v) is 4.04. The minimum atomic E-state index is -0.194. The van der Waals surface area contributed by atoms with Crippen LogP contribution in [-0.4, -0.2) is 11.7 Å². The van der Waals surface area contributed by atoms with Gasteiger partial charge in [-0.2, -0.15) is 0 Å². The van der Waals surface area contributed by atoms with Gasteiger partial charge >= 0.3 is 0 Å². The van der Waals surface area contributed by atoms with Crippen molar-refractivity contribution in [3.05, 3.63) is 21.9 Å². The highest BCUT2D eigenvalue weighted by atomic mass is 35.5. The topological polar surface area (TPSA) is 46.2 Å². The fourth-order valence-corrected chi connectivity index (χ4v) is 1.77. The summed E-state index contributed by atoms with van der Waals surface area (Å²) in [5.74, 6) is 0. The van der Waals surface area contributed by atoms with E-state index in [-0.39, 0.29) is 25.1 Å². The molecule has 0 radical (unpaired) electrons. The Morgan fingerprint density at radius 1 is 1.73 bits per heavy atom. The van der Waals surface area contributed by atoms with Gasteiger partial charge in [0.2, 0.25) is 0 Å². The Kier molecular flexibility index (Phi) is 4.68. The van der Waals surface area contributed by atoms with Gasteiger partial charge in [-0.15, -0.1) is 23.7 Å². The highest BCUT2D eigenvalue weighted by molar-refractivity contribution is 7.10. The Morgan fingerprint density at radius 3 is 2.73 bits per heavy atom. The van der Waals surface area contributed by atoms with Crippen LogP contribution in [-0.2, 0) is 0 Å². The third-order valence-electron chi connectivity index (χ3n) is 1.44. The molecule has 0 aliphatic rings. The molecule has 1 rings (SSSR count). The second kappa shape index (κ2) is 4.72. The van der Waals surface area contributed by atoms with Crippen molar-refractivity contribution in [2.75, 3.05) is 6.61 Å². The van der Waals surface area contributed by atoms with Crippen LogP contribution in [0.2, 0.25) is 0 Å². The number of aliphatic hydroxyl groups is 1. The van der Waals surface area contributed by atoms with E-state index in [0.29, 0.717) is 0 Å². The molecule has 0 spiro atoms. The van der Waals surface area contributed by atoms with Crippen LogP contribution < -0.4 is 5.73 Å². The van der Waals surface area contributed by atoms with E-state index >= 15 is 0 Å². The molecular weight excluding hydrogens is 182 g/mol. The van der Waals surface area contributed by atoms with Crippen LogP contribution in [0.5, 0.6) is 0 Å². The molecule has 0 fully saturated rings. The summed E-state index contributed by atoms with van der Waals surface area (Å²) in [6.07, 6.45) is 0. The zero-order chi connectivity index (χ0) is 7.56. The van der Waals surface area contributed by atoms with Crippen molar-refractivity contribution in [2.24, 2.45) is 5.73 Å². The summed E-state index contributed by atoms with van der Waals surface area (Å²) in [7, 11) is 0. The summed E-state index contributed by atoms with van der Waals surface area (Å²) in [5.41, 5.74) is 6.77. The monoisotopic (exact) mass is 193 g/mol. The van der Waals surface area contributed by atoms with E-state index < -0.39 is 0 Å². The van der Waals surface area contributed by atoms with Crippen LogP contribution in [0.1, 0.15) is 16.5 Å². The molecule has 0 aromatic carbocycles. The minimum absolute atomic E-state index is 0. The van der Waals surface area contributed by atoms with E-state index in [1.165, 1.54) is 5.56 Å². The zero-order valence-corrected chi connectivity index (χ0v) is 7.91. The van der Waals surface area contributed by atoms with Gasteiger partial charge in [-0.1, -0.05) is 0 Å². The van der Waals surface area contributed by atoms with Crippen molar-refractivity contribution in [3.8, 4) is 0 Å². The maximum Gasteiger partial charge on any atom is 0.0632 e. The average Bonchev–Trinajstić information content (AvgIpc) is 2.34. The van der Waals surface area contributed by atoms with Gasteiger partial charge in [0.1, 0.15) is 0 Å². The Balaban J connectivity index is 0.000001000. The molecule has 0 bridgehead atoms. The molecule has 3 N–H and O–H groups in total. The normalized spacial score (nSPS) is 12.3. The van der Waals surface area contributed by atoms with Gasteiger partial charge in [0, 0.05) is 4.88 Å². The van der Waals surface area contributed by atoms with Crippen molar-refractivity contribution in [2.45, 2.75) is 13.0 Å². The van der Waals surface area contributed by atoms with Gasteiger partial charge in [0.25, 0.3) is 0 Å². The third kappa shape index (κ3) is 2.45. The van der Waals surface area contributed by atoms with E-state index in [2.05, 4.69) is 0 Å². The molecule has 1 aromatic heterocycles. The number of aliphatic hydroxyl groups excluding tert-OH is 1. The molecule has 0 unspecified atom stereocenters. The number of hydrogen-bond acceptors (Lipinski definition) is 3. The summed E-state index contributed by atoms with van der Waals surface area (Å²) >= 11 is 1.60. The van der Waals surface area contributed by atoms with Crippen LogP contribution in [0.3, 0.4) is 0 Å². The quantitative estimate of drug-likeness (QED) is 0.748. The molecule has 11 heavy (non-hydrogen) atoms. The summed E-state index contributed by atoms with van der Waals surface area (Å²) < 4.78 is 0. The van der Waals surface area contributed by atoms with E-state index in [1.54, 1.807) is 11.3 Å². The number of nitrogens with two attached hydrogens (primary N) is 1. The lowest BCUT2D eigenvalue weighted by atomic mass is 10.2. The molecule has 64 valence electrons. The average molecular weight is 194 g/mol. The molecule has 2 nitrogen and oxygen atoms in total. The fourth-order valence-electron chi connectivity index (χ4n) is 0.847. The van der Waals surface area contributed by atoms with Gasteiger partial charge in [-0.05, 0) is 23.9 Å². The van der Waals surface area contributed by atoms with Crippen LogP contribution in [0.4, 0.5) is 0 Å². The highest BCUT2D eigenvalue weighted by Gasteiger charge is 2.07. The smallest absolute Gasteiger partial charge is 0.0632 e. The maximum atomic E-state index is 8.71. The predicted octanol–water partition coefficient (Wildman–Crippen LogP) is 1.47. The highest BCUT2D eigenvalue weighted by Crippen LogP contribution is 2.21. The van der Waals surface area contributed by atoms with Crippen LogP contribution in [0.15, 0.2) is 11.4 Å². The Bertz CT molecular complexity index is 214.